The fourth-order valence-corrected chi connectivity index (χ4v) is 3.48. The number of halogens is 2. The zero-order chi connectivity index (χ0) is 15.5. The average Bonchev–Trinajstić information content (AvgIpc) is 2.41. The fourth-order valence-electron chi connectivity index (χ4n) is 2.74. The first-order valence-electron chi connectivity index (χ1n) is 7.56. The van der Waals surface area contributed by atoms with Crippen LogP contribution in [0.5, 0.6) is 0 Å². The predicted octanol–water partition coefficient (Wildman–Crippen LogP) is 4.83. The first kappa shape index (κ1) is 17.3. The van der Waals surface area contributed by atoms with E-state index >= 15 is 0 Å². The summed E-state index contributed by atoms with van der Waals surface area (Å²) >= 11 is 9.89. The number of hydrogen-bond acceptors (Lipinski definition) is 2. The van der Waals surface area contributed by atoms with Crippen molar-refractivity contribution < 1.29 is 4.74 Å². The molecule has 2 nitrogen and oxygen atoms in total. The summed E-state index contributed by atoms with van der Waals surface area (Å²) in [4.78, 5) is 0. The van der Waals surface area contributed by atoms with Crippen molar-refractivity contribution in [3.05, 3.63) is 33.3 Å². The molecule has 0 spiro atoms. The number of nitrogens with one attached hydrogen (secondary N) is 1. The second-order valence-electron chi connectivity index (χ2n) is 7.13. The number of ether oxygens (including phenoxy) is 1. The van der Waals surface area contributed by atoms with E-state index in [-0.39, 0.29) is 11.0 Å². The normalized spacial score (nSPS) is 18.7. The zero-order valence-corrected chi connectivity index (χ0v) is 15.5. The third kappa shape index (κ3) is 5.24. The Labute approximate surface area is 141 Å². The molecule has 1 aliphatic heterocycles. The molecule has 118 valence electrons. The maximum Gasteiger partial charge on any atom is 0.0471 e. The minimum absolute atomic E-state index is 0.134. The Kier molecular flexibility index (Phi) is 5.75. The minimum Gasteiger partial charge on any atom is -0.381 e. The molecule has 4 heteroatoms. The highest BCUT2D eigenvalue weighted by Gasteiger charge is 2.34. The molecule has 0 bridgehead atoms. The SMILES string of the molecule is CC(C)(C)NCC1(Cc2ccc(Br)cc2Cl)CCOCC1. The Hall–Kier alpha value is -0.0900. The summed E-state index contributed by atoms with van der Waals surface area (Å²) in [6.45, 7) is 9.35. The second kappa shape index (κ2) is 6.99. The Morgan fingerprint density at radius 1 is 1.29 bits per heavy atom. The zero-order valence-electron chi connectivity index (χ0n) is 13.1. The first-order chi connectivity index (χ1) is 9.80. The van der Waals surface area contributed by atoms with Crippen molar-refractivity contribution in [1.29, 1.82) is 0 Å². The van der Waals surface area contributed by atoms with Gasteiger partial charge in [-0.2, -0.15) is 0 Å². The Morgan fingerprint density at radius 2 is 1.95 bits per heavy atom. The smallest absolute Gasteiger partial charge is 0.0471 e. The van der Waals surface area contributed by atoms with Crippen molar-refractivity contribution in [2.24, 2.45) is 5.41 Å². The van der Waals surface area contributed by atoms with Gasteiger partial charge in [-0.25, -0.2) is 0 Å². The van der Waals surface area contributed by atoms with Crippen LogP contribution in [0.1, 0.15) is 39.2 Å². The van der Waals surface area contributed by atoms with E-state index in [1.807, 2.05) is 6.07 Å². The van der Waals surface area contributed by atoms with Crippen molar-refractivity contribution in [3.63, 3.8) is 0 Å². The molecule has 1 heterocycles. The van der Waals surface area contributed by atoms with Gasteiger partial charge in [0.25, 0.3) is 0 Å². The molecule has 0 amide bonds. The summed E-state index contributed by atoms with van der Waals surface area (Å²) in [7, 11) is 0. The standard InChI is InChI=1S/C17H25BrClNO/c1-16(2,3)20-12-17(6-8-21-9-7-17)11-13-4-5-14(18)10-15(13)19/h4-5,10,20H,6-9,11-12H2,1-3H3. The molecule has 0 aliphatic carbocycles. The van der Waals surface area contributed by atoms with Gasteiger partial charge in [-0.3, -0.25) is 0 Å². The molecule has 0 atom stereocenters. The fraction of sp³-hybridized carbons (Fsp3) is 0.647. The molecule has 2 rings (SSSR count). The van der Waals surface area contributed by atoms with E-state index in [1.165, 1.54) is 5.56 Å². The highest BCUT2D eigenvalue weighted by Crippen LogP contribution is 2.36. The van der Waals surface area contributed by atoms with Crippen LogP contribution in [0.3, 0.4) is 0 Å². The van der Waals surface area contributed by atoms with Crippen LogP contribution in [0.15, 0.2) is 22.7 Å². The maximum atomic E-state index is 6.42. The van der Waals surface area contributed by atoms with Gasteiger partial charge in [-0.15, -0.1) is 0 Å². The Morgan fingerprint density at radius 3 is 2.52 bits per heavy atom. The number of benzene rings is 1. The van der Waals surface area contributed by atoms with Crippen LogP contribution in [-0.2, 0) is 11.2 Å². The van der Waals surface area contributed by atoms with Gasteiger partial charge in [-0.1, -0.05) is 33.6 Å². The molecule has 1 saturated heterocycles. The van der Waals surface area contributed by atoms with E-state index in [2.05, 4.69) is 54.2 Å². The third-order valence-corrected chi connectivity index (χ3v) is 4.97. The topological polar surface area (TPSA) is 21.3 Å². The summed E-state index contributed by atoms with van der Waals surface area (Å²) in [5.74, 6) is 0. The van der Waals surface area contributed by atoms with Crippen molar-refractivity contribution in [1.82, 2.24) is 5.32 Å². The lowest BCUT2D eigenvalue weighted by atomic mass is 9.74. The van der Waals surface area contributed by atoms with Gasteiger partial charge in [0.05, 0.1) is 0 Å². The molecule has 0 saturated carbocycles. The van der Waals surface area contributed by atoms with Gasteiger partial charge in [0, 0.05) is 34.8 Å². The van der Waals surface area contributed by atoms with Gasteiger partial charge < -0.3 is 10.1 Å². The average molecular weight is 375 g/mol. The lowest BCUT2D eigenvalue weighted by Gasteiger charge is -2.40. The van der Waals surface area contributed by atoms with Crippen molar-refractivity contribution in [2.75, 3.05) is 19.8 Å². The first-order valence-corrected chi connectivity index (χ1v) is 8.74. The molecule has 21 heavy (non-hydrogen) atoms. The highest BCUT2D eigenvalue weighted by atomic mass is 79.9. The molecule has 1 fully saturated rings. The highest BCUT2D eigenvalue weighted by molar-refractivity contribution is 9.10. The van der Waals surface area contributed by atoms with Crippen molar-refractivity contribution >= 4 is 27.5 Å². The minimum atomic E-state index is 0.134. The van der Waals surface area contributed by atoms with E-state index in [4.69, 9.17) is 16.3 Å². The maximum absolute atomic E-state index is 6.42. The van der Waals surface area contributed by atoms with Crippen molar-refractivity contribution in [3.8, 4) is 0 Å². The van der Waals surface area contributed by atoms with E-state index < -0.39 is 0 Å². The summed E-state index contributed by atoms with van der Waals surface area (Å²) < 4.78 is 6.61. The van der Waals surface area contributed by atoms with Crippen LogP contribution in [0.2, 0.25) is 5.02 Å². The Balaban J connectivity index is 2.15. The quantitative estimate of drug-likeness (QED) is 0.815. The van der Waals surface area contributed by atoms with E-state index in [9.17, 15) is 0 Å². The van der Waals surface area contributed by atoms with Gasteiger partial charge in [-0.05, 0) is 63.1 Å². The summed E-state index contributed by atoms with van der Waals surface area (Å²) in [6, 6.07) is 6.20. The molecule has 1 aromatic carbocycles. The van der Waals surface area contributed by atoms with Crippen molar-refractivity contribution in [2.45, 2.75) is 45.6 Å². The van der Waals surface area contributed by atoms with Crippen LogP contribution in [0.25, 0.3) is 0 Å². The summed E-state index contributed by atoms with van der Waals surface area (Å²) in [5, 5.41) is 4.53. The lowest BCUT2D eigenvalue weighted by molar-refractivity contribution is 0.0121. The van der Waals surface area contributed by atoms with Gasteiger partial charge >= 0.3 is 0 Å². The second-order valence-corrected chi connectivity index (χ2v) is 8.45. The van der Waals surface area contributed by atoms with Gasteiger partial charge in [0.1, 0.15) is 0 Å². The van der Waals surface area contributed by atoms with E-state index in [0.29, 0.717) is 0 Å². The summed E-state index contributed by atoms with van der Waals surface area (Å²) in [5.41, 5.74) is 1.61. The van der Waals surface area contributed by atoms with Gasteiger partial charge in [0.15, 0.2) is 0 Å². The van der Waals surface area contributed by atoms with Crippen LogP contribution in [0.4, 0.5) is 0 Å². The molecule has 1 N–H and O–H groups in total. The third-order valence-electron chi connectivity index (χ3n) is 4.13. The Bertz CT molecular complexity index is 478. The van der Waals surface area contributed by atoms with Crippen LogP contribution in [-0.4, -0.2) is 25.3 Å². The van der Waals surface area contributed by atoms with Crippen LogP contribution >= 0.6 is 27.5 Å². The van der Waals surface area contributed by atoms with E-state index in [1.54, 1.807) is 0 Å². The molecular formula is C17H25BrClNO. The van der Waals surface area contributed by atoms with E-state index in [0.717, 1.165) is 48.5 Å². The molecular weight excluding hydrogens is 350 g/mol. The number of hydrogen-bond donors (Lipinski definition) is 1. The van der Waals surface area contributed by atoms with Crippen LogP contribution in [0, 0.1) is 5.41 Å². The predicted molar refractivity (Wildman–Crippen MR) is 93.1 cm³/mol. The molecule has 0 radical (unpaired) electrons. The summed E-state index contributed by atoms with van der Waals surface area (Å²) in [6.07, 6.45) is 3.18. The number of rotatable bonds is 4. The van der Waals surface area contributed by atoms with Crippen LogP contribution < -0.4 is 5.32 Å². The molecule has 1 aliphatic rings. The molecule has 1 aromatic rings. The largest absolute Gasteiger partial charge is 0.381 e. The molecule has 0 unspecified atom stereocenters. The molecule has 0 aromatic heterocycles. The van der Waals surface area contributed by atoms with Gasteiger partial charge in [0.2, 0.25) is 0 Å². The monoisotopic (exact) mass is 373 g/mol. The lowest BCUT2D eigenvalue weighted by Crippen LogP contribution is -2.47.